The van der Waals surface area contributed by atoms with E-state index in [1.54, 1.807) is 30.3 Å². The Kier molecular flexibility index (Phi) is 5.90. The van der Waals surface area contributed by atoms with E-state index in [9.17, 15) is 13.4 Å². The fourth-order valence-electron chi connectivity index (χ4n) is 2.86. The molecule has 0 saturated carbocycles. The number of hydrogen-bond acceptors (Lipinski definition) is 4. The Balaban J connectivity index is 2.26. The average molecular weight is 398 g/mol. The molecule has 0 heterocycles. The highest BCUT2D eigenvalue weighted by atomic mass is 32.2. The summed E-state index contributed by atoms with van der Waals surface area (Å²) in [5.41, 5.74) is 1.36. The van der Waals surface area contributed by atoms with Gasteiger partial charge in [-0.3, -0.25) is 4.79 Å². The van der Waals surface area contributed by atoms with Crippen molar-refractivity contribution < 1.29 is 22.9 Å². The van der Waals surface area contributed by atoms with Crippen LogP contribution in [0.5, 0.6) is 11.5 Å². The number of carbonyl (C=O) groups excluding carboxylic acids is 1. The number of benzene rings is 3. The average Bonchev–Trinajstić information content (AvgIpc) is 2.67. The molecule has 0 amide bonds. The van der Waals surface area contributed by atoms with E-state index in [1.807, 2.05) is 19.1 Å². The topological polar surface area (TPSA) is 52.6 Å². The first-order valence-electron chi connectivity index (χ1n) is 8.55. The first-order valence-corrected chi connectivity index (χ1v) is 9.70. The molecular weight excluding hydrogens is 379 g/mol. The number of aryl methyl sites for hydroxylation is 1. The molecule has 28 heavy (non-hydrogen) atoms. The smallest absolute Gasteiger partial charge is 0.308 e. The molecule has 0 aliphatic heterocycles. The molecule has 4 nitrogen and oxygen atoms in total. The molecule has 0 fully saturated rings. The summed E-state index contributed by atoms with van der Waals surface area (Å²) in [4.78, 5) is 12.4. The van der Waals surface area contributed by atoms with Crippen LogP contribution in [0, 0.1) is 12.7 Å². The number of rotatable bonds is 5. The van der Waals surface area contributed by atoms with E-state index in [0.29, 0.717) is 21.1 Å². The zero-order valence-electron chi connectivity index (χ0n) is 15.7. The van der Waals surface area contributed by atoms with Gasteiger partial charge in [0.05, 0.1) is 28.4 Å². The summed E-state index contributed by atoms with van der Waals surface area (Å²) in [6.07, 6.45) is 0. The minimum Gasteiger partial charge on any atom is -0.496 e. The van der Waals surface area contributed by atoms with Crippen molar-refractivity contribution in [1.29, 1.82) is 0 Å². The van der Waals surface area contributed by atoms with Crippen LogP contribution in [-0.2, 0) is 15.6 Å². The van der Waals surface area contributed by atoms with Gasteiger partial charge in [0, 0.05) is 17.4 Å². The van der Waals surface area contributed by atoms with Gasteiger partial charge in [-0.25, -0.2) is 8.60 Å². The van der Waals surface area contributed by atoms with Crippen molar-refractivity contribution >= 4 is 16.8 Å². The molecule has 1 atom stereocenters. The second-order valence-corrected chi connectivity index (χ2v) is 7.57. The van der Waals surface area contributed by atoms with E-state index in [-0.39, 0.29) is 11.3 Å². The third-order valence-corrected chi connectivity index (χ3v) is 5.56. The van der Waals surface area contributed by atoms with Gasteiger partial charge in [-0.05, 0) is 43.3 Å². The van der Waals surface area contributed by atoms with Crippen LogP contribution in [-0.4, -0.2) is 17.3 Å². The number of halogens is 1. The molecule has 0 saturated heterocycles. The van der Waals surface area contributed by atoms with Crippen LogP contribution in [0.3, 0.4) is 0 Å². The summed E-state index contributed by atoms with van der Waals surface area (Å²) in [5.74, 6) is -0.816. The summed E-state index contributed by atoms with van der Waals surface area (Å²) in [6, 6.07) is 16.4. The molecule has 0 aliphatic rings. The van der Waals surface area contributed by atoms with E-state index < -0.39 is 22.6 Å². The van der Waals surface area contributed by atoms with Crippen LogP contribution >= 0.6 is 0 Å². The second kappa shape index (κ2) is 8.35. The number of carbonyl (C=O) groups is 1. The largest absolute Gasteiger partial charge is 0.496 e. The minimum atomic E-state index is -1.60. The van der Waals surface area contributed by atoms with E-state index in [4.69, 9.17) is 9.47 Å². The van der Waals surface area contributed by atoms with Gasteiger partial charge in [0.15, 0.2) is 0 Å². The molecule has 0 radical (unpaired) electrons. The van der Waals surface area contributed by atoms with Crippen LogP contribution in [0.2, 0.25) is 0 Å². The molecule has 0 spiro atoms. The van der Waals surface area contributed by atoms with E-state index >= 15 is 0 Å². The van der Waals surface area contributed by atoms with Crippen molar-refractivity contribution in [2.75, 3.05) is 7.11 Å². The van der Waals surface area contributed by atoms with E-state index in [1.165, 1.54) is 32.2 Å². The minimum absolute atomic E-state index is 0.0330. The van der Waals surface area contributed by atoms with Crippen molar-refractivity contribution in [2.24, 2.45) is 0 Å². The normalized spacial score (nSPS) is 11.7. The van der Waals surface area contributed by atoms with Crippen molar-refractivity contribution in [3.63, 3.8) is 0 Å². The standard InChI is InChI=1S/C22H19FO4S/c1-14-10-12-16(13-11-14)28(25)20-9-5-7-18(26-3)22(20)21-17(23)6-4-8-19(21)27-15(2)24/h4-13H,1-3H3/t28-/m0/s1. The van der Waals surface area contributed by atoms with Crippen molar-refractivity contribution in [3.8, 4) is 22.6 Å². The third-order valence-electron chi connectivity index (χ3n) is 4.12. The second-order valence-electron chi connectivity index (χ2n) is 6.12. The third kappa shape index (κ3) is 3.97. The lowest BCUT2D eigenvalue weighted by Gasteiger charge is -2.17. The summed E-state index contributed by atoms with van der Waals surface area (Å²) in [6.45, 7) is 3.18. The summed E-state index contributed by atoms with van der Waals surface area (Å²) >= 11 is 0. The molecule has 0 bridgehead atoms. The highest BCUT2D eigenvalue weighted by Gasteiger charge is 2.24. The van der Waals surface area contributed by atoms with Crippen molar-refractivity contribution in [2.45, 2.75) is 23.6 Å². The lowest BCUT2D eigenvalue weighted by Crippen LogP contribution is -2.06. The maximum atomic E-state index is 14.9. The molecule has 3 rings (SSSR count). The van der Waals surface area contributed by atoms with Crippen molar-refractivity contribution in [3.05, 3.63) is 72.0 Å². The molecule has 0 unspecified atom stereocenters. The molecule has 3 aromatic rings. The number of ether oxygens (including phenoxy) is 2. The van der Waals surface area contributed by atoms with Gasteiger partial charge in [0.1, 0.15) is 17.3 Å². The van der Waals surface area contributed by atoms with Gasteiger partial charge < -0.3 is 9.47 Å². The van der Waals surface area contributed by atoms with Gasteiger partial charge in [0.25, 0.3) is 0 Å². The number of esters is 1. The van der Waals surface area contributed by atoms with E-state index in [0.717, 1.165) is 5.56 Å². The fraction of sp³-hybridized carbons (Fsp3) is 0.136. The Hall–Kier alpha value is -2.99. The summed E-state index contributed by atoms with van der Waals surface area (Å²) in [7, 11) is -0.147. The Morgan fingerprint density at radius 1 is 0.929 bits per heavy atom. The van der Waals surface area contributed by atoms with Crippen LogP contribution < -0.4 is 9.47 Å². The Morgan fingerprint density at radius 2 is 1.57 bits per heavy atom. The van der Waals surface area contributed by atoms with Gasteiger partial charge >= 0.3 is 5.97 Å². The predicted molar refractivity (Wildman–Crippen MR) is 106 cm³/mol. The number of hydrogen-bond donors (Lipinski definition) is 0. The molecule has 0 N–H and O–H groups in total. The zero-order valence-corrected chi connectivity index (χ0v) is 16.5. The van der Waals surface area contributed by atoms with Gasteiger partial charge in [-0.1, -0.05) is 29.8 Å². The van der Waals surface area contributed by atoms with Crippen LogP contribution in [0.4, 0.5) is 4.39 Å². The molecule has 144 valence electrons. The predicted octanol–water partition coefficient (Wildman–Crippen LogP) is 4.90. The maximum absolute atomic E-state index is 14.9. The Bertz CT molecular complexity index is 1040. The van der Waals surface area contributed by atoms with E-state index in [2.05, 4.69) is 0 Å². The lowest BCUT2D eigenvalue weighted by atomic mass is 10.0. The SMILES string of the molecule is COc1cccc([S@@](=O)c2ccc(C)cc2)c1-c1c(F)cccc1OC(C)=O. The molecule has 6 heteroatoms. The van der Waals surface area contributed by atoms with Crippen LogP contribution in [0.15, 0.2) is 70.5 Å². The fourth-order valence-corrected chi connectivity index (χ4v) is 4.09. The summed E-state index contributed by atoms with van der Waals surface area (Å²) in [5, 5.41) is 0. The Morgan fingerprint density at radius 3 is 2.21 bits per heavy atom. The first kappa shape index (κ1) is 19.8. The molecule has 3 aromatic carbocycles. The monoisotopic (exact) mass is 398 g/mol. The van der Waals surface area contributed by atoms with Crippen molar-refractivity contribution in [1.82, 2.24) is 0 Å². The summed E-state index contributed by atoms with van der Waals surface area (Å²) < 4.78 is 38.8. The lowest BCUT2D eigenvalue weighted by molar-refractivity contribution is -0.131. The molecule has 0 aromatic heterocycles. The first-order chi connectivity index (χ1) is 13.4. The highest BCUT2D eigenvalue weighted by Crippen LogP contribution is 2.42. The molecular formula is C22H19FO4S. The molecule has 0 aliphatic carbocycles. The quantitative estimate of drug-likeness (QED) is 0.453. The highest BCUT2D eigenvalue weighted by molar-refractivity contribution is 7.85. The van der Waals surface area contributed by atoms with Crippen LogP contribution in [0.25, 0.3) is 11.1 Å². The zero-order chi connectivity index (χ0) is 20.3. The van der Waals surface area contributed by atoms with Crippen LogP contribution in [0.1, 0.15) is 12.5 Å². The van der Waals surface area contributed by atoms with Gasteiger partial charge in [-0.15, -0.1) is 0 Å². The number of methoxy groups -OCH3 is 1. The van der Waals surface area contributed by atoms with Gasteiger partial charge in [-0.2, -0.15) is 0 Å². The maximum Gasteiger partial charge on any atom is 0.308 e. The van der Waals surface area contributed by atoms with Gasteiger partial charge in [0.2, 0.25) is 0 Å². The Labute approximate surface area is 165 Å².